The summed E-state index contributed by atoms with van der Waals surface area (Å²) in [7, 11) is 0. The Balaban J connectivity index is 1.31. The average Bonchev–Trinajstić information content (AvgIpc) is 3.34. The molecular weight excluding hydrogens is 382 g/mol. The maximum atomic E-state index is 12.9. The molecule has 1 amide bonds. The molecule has 9 nitrogen and oxygen atoms in total. The molecule has 158 valence electrons. The number of hydrogen-bond acceptors (Lipinski definition) is 6. The maximum Gasteiger partial charge on any atom is 0.272 e. The maximum absolute atomic E-state index is 12.9. The van der Waals surface area contributed by atoms with Gasteiger partial charge in [-0.3, -0.25) is 23.8 Å². The van der Waals surface area contributed by atoms with Crippen LogP contribution in [0.2, 0.25) is 0 Å². The van der Waals surface area contributed by atoms with E-state index in [0.29, 0.717) is 23.7 Å². The first-order valence-corrected chi connectivity index (χ1v) is 10.7. The SMILES string of the molecule is O=C(NCCCN1CCOCC1)c1nc(-c2ccnn2CC2CC2)n2ccncc12. The molecule has 4 heterocycles. The third kappa shape index (κ3) is 4.08. The Morgan fingerprint density at radius 3 is 2.93 bits per heavy atom. The molecule has 1 aliphatic heterocycles. The highest BCUT2D eigenvalue weighted by Crippen LogP contribution is 2.32. The van der Waals surface area contributed by atoms with Crippen LogP contribution in [0.1, 0.15) is 29.8 Å². The first-order valence-electron chi connectivity index (χ1n) is 10.7. The molecule has 3 aromatic heterocycles. The minimum absolute atomic E-state index is 0.165. The standard InChI is InChI=1S/C21H27N7O2/c29-21(23-5-1-8-26-10-12-30-13-11-26)19-18-14-22-7-9-27(18)20(25-19)17-4-6-24-28(17)15-16-2-3-16/h4,6-7,9,14,16H,1-3,5,8,10-13,15H2,(H,23,29). The highest BCUT2D eigenvalue weighted by atomic mass is 16.5. The van der Waals surface area contributed by atoms with Crippen molar-refractivity contribution in [2.24, 2.45) is 5.92 Å². The molecule has 0 aromatic carbocycles. The van der Waals surface area contributed by atoms with Crippen molar-refractivity contribution in [3.8, 4) is 11.5 Å². The topological polar surface area (TPSA) is 89.6 Å². The lowest BCUT2D eigenvalue weighted by Crippen LogP contribution is -2.38. The predicted molar refractivity (Wildman–Crippen MR) is 111 cm³/mol. The van der Waals surface area contributed by atoms with Crippen LogP contribution in [-0.2, 0) is 11.3 Å². The van der Waals surface area contributed by atoms with Crippen molar-refractivity contribution in [1.29, 1.82) is 0 Å². The molecule has 2 fully saturated rings. The molecule has 0 atom stereocenters. The number of ether oxygens (including phenoxy) is 1. The van der Waals surface area contributed by atoms with Crippen LogP contribution in [0.5, 0.6) is 0 Å². The summed E-state index contributed by atoms with van der Waals surface area (Å²) in [5.41, 5.74) is 2.04. The molecule has 0 unspecified atom stereocenters. The third-order valence-corrected chi connectivity index (χ3v) is 5.78. The lowest BCUT2D eigenvalue weighted by Gasteiger charge is -2.26. The van der Waals surface area contributed by atoms with E-state index in [4.69, 9.17) is 9.72 Å². The number of hydrogen-bond donors (Lipinski definition) is 1. The Morgan fingerprint density at radius 1 is 1.23 bits per heavy atom. The van der Waals surface area contributed by atoms with Crippen LogP contribution in [0.3, 0.4) is 0 Å². The second-order valence-corrected chi connectivity index (χ2v) is 8.02. The first kappa shape index (κ1) is 19.2. The smallest absolute Gasteiger partial charge is 0.272 e. The molecule has 0 bridgehead atoms. The lowest BCUT2D eigenvalue weighted by molar-refractivity contribution is 0.0374. The van der Waals surface area contributed by atoms with E-state index in [9.17, 15) is 4.79 Å². The Labute approximate surface area is 175 Å². The molecule has 0 spiro atoms. The van der Waals surface area contributed by atoms with Gasteiger partial charge in [0.15, 0.2) is 11.5 Å². The van der Waals surface area contributed by atoms with E-state index < -0.39 is 0 Å². The van der Waals surface area contributed by atoms with Gasteiger partial charge in [-0.05, 0) is 37.8 Å². The van der Waals surface area contributed by atoms with E-state index in [1.807, 2.05) is 21.3 Å². The van der Waals surface area contributed by atoms with Gasteiger partial charge in [-0.15, -0.1) is 0 Å². The summed E-state index contributed by atoms with van der Waals surface area (Å²) >= 11 is 0. The second kappa shape index (κ2) is 8.53. The second-order valence-electron chi connectivity index (χ2n) is 8.02. The zero-order valence-corrected chi connectivity index (χ0v) is 17.0. The van der Waals surface area contributed by atoms with Gasteiger partial charge in [-0.1, -0.05) is 0 Å². The number of amides is 1. The number of nitrogens with one attached hydrogen (secondary N) is 1. The summed E-state index contributed by atoms with van der Waals surface area (Å²) in [4.78, 5) is 24.2. The number of fused-ring (bicyclic) bond motifs is 1. The first-order chi connectivity index (χ1) is 14.8. The van der Waals surface area contributed by atoms with E-state index in [0.717, 1.165) is 57.3 Å². The monoisotopic (exact) mass is 409 g/mol. The van der Waals surface area contributed by atoms with Crippen molar-refractivity contribution in [1.82, 2.24) is 34.4 Å². The van der Waals surface area contributed by atoms with E-state index in [2.05, 4.69) is 20.3 Å². The van der Waals surface area contributed by atoms with Gasteiger partial charge in [0.2, 0.25) is 0 Å². The molecule has 5 rings (SSSR count). The highest BCUT2D eigenvalue weighted by molar-refractivity contribution is 5.99. The molecule has 1 saturated carbocycles. The Bertz CT molecular complexity index is 1020. The zero-order valence-electron chi connectivity index (χ0n) is 17.0. The molecule has 9 heteroatoms. The van der Waals surface area contributed by atoms with Gasteiger partial charge in [-0.2, -0.15) is 5.10 Å². The Hall–Kier alpha value is -2.78. The molecular formula is C21H27N7O2. The van der Waals surface area contributed by atoms with E-state index in [1.54, 1.807) is 18.6 Å². The fourth-order valence-corrected chi connectivity index (χ4v) is 3.91. The summed E-state index contributed by atoms with van der Waals surface area (Å²) in [6, 6.07) is 1.96. The van der Waals surface area contributed by atoms with Crippen LogP contribution < -0.4 is 5.32 Å². The van der Waals surface area contributed by atoms with Crippen LogP contribution in [0.25, 0.3) is 17.0 Å². The summed E-state index contributed by atoms with van der Waals surface area (Å²) in [5.74, 6) is 1.26. The lowest BCUT2D eigenvalue weighted by atomic mass is 10.3. The Morgan fingerprint density at radius 2 is 2.10 bits per heavy atom. The fraction of sp³-hybridized carbons (Fsp3) is 0.524. The summed E-state index contributed by atoms with van der Waals surface area (Å²) in [6.45, 7) is 5.98. The van der Waals surface area contributed by atoms with Crippen LogP contribution in [0.4, 0.5) is 0 Å². The predicted octanol–water partition coefficient (Wildman–Crippen LogP) is 1.45. The third-order valence-electron chi connectivity index (χ3n) is 5.78. The van der Waals surface area contributed by atoms with Crippen LogP contribution in [0.15, 0.2) is 30.9 Å². The van der Waals surface area contributed by atoms with Crippen molar-refractivity contribution in [3.05, 3.63) is 36.5 Å². The number of carbonyl (C=O) groups excluding carboxylic acids is 1. The van der Waals surface area contributed by atoms with Gasteiger partial charge in [0, 0.05) is 44.8 Å². The molecule has 30 heavy (non-hydrogen) atoms. The minimum Gasteiger partial charge on any atom is -0.379 e. The molecule has 0 radical (unpaired) electrons. The van der Waals surface area contributed by atoms with Crippen molar-refractivity contribution in [2.75, 3.05) is 39.4 Å². The minimum atomic E-state index is -0.165. The van der Waals surface area contributed by atoms with E-state index in [-0.39, 0.29) is 5.91 Å². The van der Waals surface area contributed by atoms with E-state index >= 15 is 0 Å². The van der Waals surface area contributed by atoms with Gasteiger partial charge < -0.3 is 10.1 Å². The van der Waals surface area contributed by atoms with Crippen molar-refractivity contribution in [2.45, 2.75) is 25.8 Å². The summed E-state index contributed by atoms with van der Waals surface area (Å²) in [6.07, 6.45) is 10.5. The van der Waals surface area contributed by atoms with E-state index in [1.165, 1.54) is 12.8 Å². The summed E-state index contributed by atoms with van der Waals surface area (Å²) in [5, 5.41) is 7.50. The zero-order chi connectivity index (χ0) is 20.3. The number of aromatic nitrogens is 5. The number of nitrogens with zero attached hydrogens (tertiary/aromatic N) is 6. The van der Waals surface area contributed by atoms with Gasteiger partial charge in [0.25, 0.3) is 5.91 Å². The van der Waals surface area contributed by atoms with Gasteiger partial charge in [0.05, 0.1) is 24.9 Å². The van der Waals surface area contributed by atoms with Crippen molar-refractivity contribution < 1.29 is 9.53 Å². The van der Waals surface area contributed by atoms with Crippen LogP contribution in [-0.4, -0.2) is 74.3 Å². The van der Waals surface area contributed by atoms with Gasteiger partial charge in [0.1, 0.15) is 5.69 Å². The van der Waals surface area contributed by atoms with Crippen molar-refractivity contribution >= 4 is 11.4 Å². The van der Waals surface area contributed by atoms with Crippen molar-refractivity contribution in [3.63, 3.8) is 0 Å². The molecule has 2 aliphatic rings. The normalized spacial score (nSPS) is 17.5. The molecule has 1 N–H and O–H groups in total. The number of rotatable bonds is 8. The Kier molecular flexibility index (Phi) is 5.46. The largest absolute Gasteiger partial charge is 0.379 e. The number of imidazole rings is 1. The highest BCUT2D eigenvalue weighted by Gasteiger charge is 2.25. The van der Waals surface area contributed by atoms with Gasteiger partial charge >= 0.3 is 0 Å². The van der Waals surface area contributed by atoms with Crippen LogP contribution in [0, 0.1) is 5.92 Å². The molecule has 1 saturated heterocycles. The fourth-order valence-electron chi connectivity index (χ4n) is 3.91. The molecule has 3 aromatic rings. The molecule has 1 aliphatic carbocycles. The quantitative estimate of drug-likeness (QED) is 0.567. The number of morpholine rings is 1. The van der Waals surface area contributed by atoms with Crippen LogP contribution >= 0.6 is 0 Å². The average molecular weight is 409 g/mol. The summed E-state index contributed by atoms with van der Waals surface area (Å²) < 4.78 is 9.30. The number of carbonyl (C=O) groups is 1. The van der Waals surface area contributed by atoms with Gasteiger partial charge in [-0.25, -0.2) is 4.98 Å².